The highest BCUT2D eigenvalue weighted by molar-refractivity contribution is 7.13. The highest BCUT2D eigenvalue weighted by atomic mass is 32.1. The van der Waals surface area contributed by atoms with E-state index in [9.17, 15) is 4.79 Å². The summed E-state index contributed by atoms with van der Waals surface area (Å²) in [5, 5.41) is 4.22. The fourth-order valence-electron chi connectivity index (χ4n) is 4.53. The predicted octanol–water partition coefficient (Wildman–Crippen LogP) is 4.55. The summed E-state index contributed by atoms with van der Waals surface area (Å²) in [4.78, 5) is 16.6. The van der Waals surface area contributed by atoms with Crippen LogP contribution in [0, 0.1) is 0 Å². The van der Waals surface area contributed by atoms with Crippen molar-refractivity contribution in [1.29, 1.82) is 0 Å². The Morgan fingerprint density at radius 1 is 1.00 bits per heavy atom. The first-order valence-electron chi connectivity index (χ1n) is 11.6. The number of aromatic nitrogens is 1. The van der Waals surface area contributed by atoms with Gasteiger partial charge >= 0.3 is 0 Å². The van der Waals surface area contributed by atoms with Gasteiger partial charge < -0.3 is 15.0 Å². The molecule has 2 aliphatic heterocycles. The molecule has 1 aromatic heterocycles. The van der Waals surface area contributed by atoms with E-state index in [1.165, 1.54) is 28.5 Å². The van der Waals surface area contributed by atoms with Gasteiger partial charge in [0.15, 0.2) is 0 Å². The molecule has 0 radical (unpaired) electrons. The molecule has 0 bridgehead atoms. The zero-order valence-corrected chi connectivity index (χ0v) is 19.2. The maximum Gasteiger partial charge on any atom is 0.224 e. The molecule has 6 nitrogen and oxygen atoms in total. The van der Waals surface area contributed by atoms with Crippen molar-refractivity contribution in [2.75, 3.05) is 49.5 Å². The lowest BCUT2D eigenvalue weighted by Gasteiger charge is -2.35. The summed E-state index contributed by atoms with van der Waals surface area (Å²) in [6.07, 6.45) is 4.80. The zero-order chi connectivity index (χ0) is 21.8. The van der Waals surface area contributed by atoms with Crippen LogP contribution >= 0.6 is 11.5 Å². The number of anilines is 2. The van der Waals surface area contributed by atoms with Gasteiger partial charge in [0.2, 0.25) is 5.91 Å². The van der Waals surface area contributed by atoms with E-state index in [2.05, 4.69) is 45.4 Å². The van der Waals surface area contributed by atoms with E-state index in [1.54, 1.807) is 11.5 Å². The third-order valence-electron chi connectivity index (χ3n) is 6.39. The number of piperazine rings is 1. The smallest absolute Gasteiger partial charge is 0.224 e. The van der Waals surface area contributed by atoms with Crippen molar-refractivity contribution in [3.8, 4) is 5.75 Å². The second-order valence-electron chi connectivity index (χ2n) is 8.61. The number of benzene rings is 2. The lowest BCUT2D eigenvalue weighted by molar-refractivity contribution is -0.116. The summed E-state index contributed by atoms with van der Waals surface area (Å²) in [6.45, 7) is 6.16. The van der Waals surface area contributed by atoms with Gasteiger partial charge in [-0.15, -0.1) is 0 Å². The van der Waals surface area contributed by atoms with Gasteiger partial charge in [-0.1, -0.05) is 18.2 Å². The van der Waals surface area contributed by atoms with E-state index in [-0.39, 0.29) is 5.91 Å². The lowest BCUT2D eigenvalue weighted by atomic mass is 10.0. The van der Waals surface area contributed by atoms with Gasteiger partial charge in [-0.05, 0) is 67.5 Å². The number of ether oxygens (including phenoxy) is 1. The normalized spacial score (nSPS) is 16.8. The number of hydrogen-bond acceptors (Lipinski definition) is 6. The van der Waals surface area contributed by atoms with Crippen LogP contribution in [0.4, 0.5) is 11.5 Å². The van der Waals surface area contributed by atoms with Crippen LogP contribution in [0.15, 0.2) is 42.5 Å². The average molecular weight is 451 g/mol. The van der Waals surface area contributed by atoms with Gasteiger partial charge in [-0.25, -0.2) is 0 Å². The minimum Gasteiger partial charge on any atom is -0.494 e. The molecule has 3 aromatic rings. The number of nitrogens with one attached hydrogen (secondary N) is 1. The molecule has 1 amide bonds. The maximum absolute atomic E-state index is 11.6. The highest BCUT2D eigenvalue weighted by Crippen LogP contribution is 2.30. The molecule has 7 heteroatoms. The van der Waals surface area contributed by atoms with Crippen molar-refractivity contribution in [3.05, 3.63) is 48.0 Å². The monoisotopic (exact) mass is 450 g/mol. The summed E-state index contributed by atoms with van der Waals surface area (Å²) in [7, 11) is 0. The van der Waals surface area contributed by atoms with Crippen LogP contribution in [0.5, 0.6) is 5.75 Å². The average Bonchev–Trinajstić information content (AvgIpc) is 3.25. The molecule has 168 valence electrons. The van der Waals surface area contributed by atoms with Crippen molar-refractivity contribution >= 4 is 39.0 Å². The Balaban J connectivity index is 0.992. The molecule has 0 spiro atoms. The fourth-order valence-corrected chi connectivity index (χ4v) is 5.32. The second-order valence-corrected chi connectivity index (χ2v) is 9.41. The lowest BCUT2D eigenvalue weighted by Crippen LogP contribution is -2.46. The number of unbranched alkanes of at least 4 members (excludes halogenated alkanes) is 2. The largest absolute Gasteiger partial charge is 0.494 e. The van der Waals surface area contributed by atoms with Crippen LogP contribution in [0.25, 0.3) is 10.1 Å². The Bertz CT molecular complexity index is 1070. The number of aryl methyl sites for hydroxylation is 1. The molecule has 0 atom stereocenters. The van der Waals surface area contributed by atoms with E-state index in [0.29, 0.717) is 6.42 Å². The summed E-state index contributed by atoms with van der Waals surface area (Å²) < 4.78 is 11.9. The van der Waals surface area contributed by atoms with E-state index in [1.807, 2.05) is 12.1 Å². The summed E-state index contributed by atoms with van der Waals surface area (Å²) in [6, 6.07) is 14.6. The number of nitrogens with zero attached hydrogens (tertiary/aromatic N) is 3. The predicted molar refractivity (Wildman–Crippen MR) is 131 cm³/mol. The van der Waals surface area contributed by atoms with Gasteiger partial charge in [0.05, 0.1) is 11.3 Å². The molecular formula is C25H30N4O2S. The van der Waals surface area contributed by atoms with Gasteiger partial charge in [-0.2, -0.15) is 4.37 Å². The standard InChI is InChI=1S/C25H30N4O2S/c30-24-11-9-19-8-10-20(18-22(19)26-24)31-17-5-1-4-12-28-13-15-29(16-14-28)25-21-6-2-3-7-23(21)32-27-25/h2-3,6-8,10,18H,1,4-5,9,11-17H2,(H,26,30). The van der Waals surface area contributed by atoms with Crippen LogP contribution in [0.2, 0.25) is 0 Å². The van der Waals surface area contributed by atoms with Gasteiger partial charge in [0.1, 0.15) is 11.6 Å². The van der Waals surface area contributed by atoms with Crippen molar-refractivity contribution in [1.82, 2.24) is 9.27 Å². The quantitative estimate of drug-likeness (QED) is 0.510. The second kappa shape index (κ2) is 9.88. The van der Waals surface area contributed by atoms with Crippen LogP contribution in [0.3, 0.4) is 0 Å². The van der Waals surface area contributed by atoms with Gasteiger partial charge in [0, 0.05) is 49.7 Å². The van der Waals surface area contributed by atoms with Gasteiger partial charge in [-0.3, -0.25) is 9.69 Å². The highest BCUT2D eigenvalue weighted by Gasteiger charge is 2.20. The maximum atomic E-state index is 11.6. The van der Waals surface area contributed by atoms with E-state index in [0.717, 1.165) is 69.4 Å². The topological polar surface area (TPSA) is 57.7 Å². The number of hydrogen-bond donors (Lipinski definition) is 1. The Morgan fingerprint density at radius 2 is 1.88 bits per heavy atom. The minimum atomic E-state index is 0.0930. The first-order chi connectivity index (χ1) is 15.8. The van der Waals surface area contributed by atoms with Crippen LogP contribution in [-0.4, -0.2) is 54.5 Å². The first kappa shape index (κ1) is 21.2. The minimum absolute atomic E-state index is 0.0930. The molecule has 0 aliphatic carbocycles. The van der Waals surface area contributed by atoms with E-state index < -0.39 is 0 Å². The number of fused-ring (bicyclic) bond motifs is 2. The summed E-state index contributed by atoms with van der Waals surface area (Å²) in [5.74, 6) is 2.09. The third-order valence-corrected chi connectivity index (χ3v) is 7.21. The Morgan fingerprint density at radius 3 is 2.78 bits per heavy atom. The molecule has 0 unspecified atom stereocenters. The molecule has 1 fully saturated rings. The van der Waals surface area contributed by atoms with Crippen LogP contribution in [-0.2, 0) is 11.2 Å². The fraction of sp³-hybridized carbons (Fsp3) is 0.440. The van der Waals surface area contributed by atoms with Gasteiger partial charge in [0.25, 0.3) is 0 Å². The van der Waals surface area contributed by atoms with Crippen molar-refractivity contribution in [2.45, 2.75) is 32.1 Å². The molecular weight excluding hydrogens is 420 g/mol. The Labute approximate surface area is 193 Å². The Hall–Kier alpha value is -2.64. The third kappa shape index (κ3) is 4.89. The van der Waals surface area contributed by atoms with Crippen molar-refractivity contribution in [2.24, 2.45) is 0 Å². The molecule has 5 rings (SSSR count). The molecule has 2 aromatic carbocycles. The van der Waals surface area contributed by atoms with Crippen LogP contribution in [0.1, 0.15) is 31.2 Å². The molecule has 32 heavy (non-hydrogen) atoms. The molecule has 0 saturated carbocycles. The van der Waals surface area contributed by atoms with Crippen molar-refractivity contribution in [3.63, 3.8) is 0 Å². The molecule has 2 aliphatic rings. The van der Waals surface area contributed by atoms with E-state index >= 15 is 0 Å². The SMILES string of the molecule is O=C1CCc2ccc(OCCCCCN3CCN(c4nsc5ccccc45)CC3)cc2N1. The van der Waals surface area contributed by atoms with E-state index in [4.69, 9.17) is 9.11 Å². The number of carbonyl (C=O) groups is 1. The molecule has 1 N–H and O–H groups in total. The van der Waals surface area contributed by atoms with Crippen molar-refractivity contribution < 1.29 is 9.53 Å². The number of carbonyl (C=O) groups excluding carboxylic acids is 1. The molecule has 3 heterocycles. The van der Waals surface area contributed by atoms with Crippen LogP contribution < -0.4 is 15.0 Å². The summed E-state index contributed by atoms with van der Waals surface area (Å²) in [5.41, 5.74) is 2.10. The summed E-state index contributed by atoms with van der Waals surface area (Å²) >= 11 is 1.60. The zero-order valence-electron chi connectivity index (χ0n) is 18.4. The number of rotatable bonds is 8. The Kier molecular flexibility index (Phi) is 6.55. The number of amides is 1. The molecule has 1 saturated heterocycles. The first-order valence-corrected chi connectivity index (χ1v) is 12.4.